The number of ketones is 1. The van der Waals surface area contributed by atoms with Gasteiger partial charge in [0, 0.05) is 12.2 Å². The fourth-order valence-electron chi connectivity index (χ4n) is 1.00. The third-order valence-electron chi connectivity index (χ3n) is 1.70. The fourth-order valence-corrected chi connectivity index (χ4v) is 1.35. The first-order valence-electron chi connectivity index (χ1n) is 4.67. The summed E-state index contributed by atoms with van der Waals surface area (Å²) in [7, 11) is 0. The Hall–Kier alpha value is -0.510. The molecule has 0 radical (unpaired) electrons. The van der Waals surface area contributed by atoms with Crippen LogP contribution in [0.5, 0.6) is 0 Å². The summed E-state index contributed by atoms with van der Waals surface area (Å²) in [6, 6.07) is -0.451. The second-order valence-electron chi connectivity index (χ2n) is 4.65. The number of carbonyl (C=O) groups is 2. The first-order chi connectivity index (χ1) is 6.26. The van der Waals surface area contributed by atoms with E-state index in [-0.39, 0.29) is 17.1 Å². The highest BCUT2D eigenvalue weighted by atomic mass is 32.1. The van der Waals surface area contributed by atoms with Crippen LogP contribution in [-0.4, -0.2) is 23.5 Å². The van der Waals surface area contributed by atoms with Crippen LogP contribution >= 0.6 is 12.6 Å². The van der Waals surface area contributed by atoms with Crippen LogP contribution in [0.25, 0.3) is 0 Å². The van der Waals surface area contributed by atoms with E-state index < -0.39 is 6.04 Å². The van der Waals surface area contributed by atoms with Gasteiger partial charge in [-0.25, -0.2) is 0 Å². The second-order valence-corrected chi connectivity index (χ2v) is 5.02. The Balaban J connectivity index is 4.11. The van der Waals surface area contributed by atoms with Gasteiger partial charge in [0.1, 0.15) is 0 Å². The molecule has 0 aromatic rings. The zero-order chi connectivity index (χ0) is 11.4. The maximum atomic E-state index is 11.4. The molecule has 0 aliphatic heterocycles. The molecule has 1 atom stereocenters. The Morgan fingerprint density at radius 3 is 2.14 bits per heavy atom. The molecule has 0 spiro atoms. The highest BCUT2D eigenvalue weighted by Gasteiger charge is 2.20. The van der Waals surface area contributed by atoms with E-state index in [1.54, 1.807) is 0 Å². The fraction of sp³-hybridized carbons (Fsp3) is 0.800. The molecule has 0 aromatic carbocycles. The zero-order valence-corrected chi connectivity index (χ0v) is 10.1. The van der Waals surface area contributed by atoms with E-state index in [4.69, 9.17) is 0 Å². The van der Waals surface area contributed by atoms with Crippen molar-refractivity contribution in [1.29, 1.82) is 0 Å². The van der Waals surface area contributed by atoms with Crippen molar-refractivity contribution in [3.8, 4) is 0 Å². The third-order valence-corrected chi connectivity index (χ3v) is 2.06. The molecule has 0 rings (SSSR count). The largest absolute Gasteiger partial charge is 0.345 e. The lowest BCUT2D eigenvalue weighted by atomic mass is 9.92. The Morgan fingerprint density at radius 2 is 1.86 bits per heavy atom. The summed E-state index contributed by atoms with van der Waals surface area (Å²) >= 11 is 4.01. The van der Waals surface area contributed by atoms with Gasteiger partial charge >= 0.3 is 0 Å². The minimum Gasteiger partial charge on any atom is -0.345 e. The molecule has 0 bridgehead atoms. The third kappa shape index (κ3) is 6.02. The molecular weight excluding hydrogens is 198 g/mol. The molecule has 82 valence electrons. The van der Waals surface area contributed by atoms with Gasteiger partial charge in [0.05, 0.1) is 6.04 Å². The molecule has 14 heavy (non-hydrogen) atoms. The van der Waals surface area contributed by atoms with Crippen molar-refractivity contribution in [2.75, 3.05) is 5.75 Å². The first-order valence-corrected chi connectivity index (χ1v) is 5.30. The van der Waals surface area contributed by atoms with Gasteiger partial charge in [-0.1, -0.05) is 20.8 Å². The zero-order valence-electron chi connectivity index (χ0n) is 9.26. The van der Waals surface area contributed by atoms with E-state index in [1.807, 2.05) is 20.8 Å². The quantitative estimate of drug-likeness (QED) is 0.700. The molecule has 3 nitrogen and oxygen atoms in total. The molecular formula is C10H19NO2S. The SMILES string of the molecule is CC(=O)[C@H](CS)NC(=O)CC(C)(C)C. The maximum Gasteiger partial charge on any atom is 0.221 e. The van der Waals surface area contributed by atoms with Crippen LogP contribution in [0.2, 0.25) is 0 Å². The van der Waals surface area contributed by atoms with Gasteiger partial charge in [-0.05, 0) is 12.3 Å². The molecule has 0 aliphatic rings. The molecule has 0 saturated heterocycles. The van der Waals surface area contributed by atoms with Crippen LogP contribution in [0.15, 0.2) is 0 Å². The lowest BCUT2D eigenvalue weighted by Gasteiger charge is -2.19. The topological polar surface area (TPSA) is 46.2 Å². The lowest BCUT2D eigenvalue weighted by molar-refractivity contribution is -0.127. The van der Waals surface area contributed by atoms with Crippen LogP contribution in [0, 0.1) is 5.41 Å². The highest BCUT2D eigenvalue weighted by Crippen LogP contribution is 2.17. The average Bonchev–Trinajstić information content (AvgIpc) is 1.96. The summed E-state index contributed by atoms with van der Waals surface area (Å²) in [6.45, 7) is 7.40. The van der Waals surface area contributed by atoms with Crippen LogP contribution in [-0.2, 0) is 9.59 Å². The molecule has 1 N–H and O–H groups in total. The van der Waals surface area contributed by atoms with Gasteiger partial charge in [-0.3, -0.25) is 9.59 Å². The van der Waals surface area contributed by atoms with Crippen LogP contribution in [0.3, 0.4) is 0 Å². The summed E-state index contributed by atoms with van der Waals surface area (Å²) < 4.78 is 0. The van der Waals surface area contributed by atoms with E-state index in [9.17, 15) is 9.59 Å². The van der Waals surface area contributed by atoms with Gasteiger partial charge in [-0.15, -0.1) is 0 Å². The molecule has 0 fully saturated rings. The summed E-state index contributed by atoms with van der Waals surface area (Å²) in [5.74, 6) is 0.208. The van der Waals surface area contributed by atoms with E-state index >= 15 is 0 Å². The Labute approximate surface area is 91.1 Å². The second kappa shape index (κ2) is 5.39. The van der Waals surface area contributed by atoms with Crippen molar-refractivity contribution in [2.45, 2.75) is 40.2 Å². The van der Waals surface area contributed by atoms with Crippen LogP contribution < -0.4 is 5.32 Å². The lowest BCUT2D eigenvalue weighted by Crippen LogP contribution is -2.42. The van der Waals surface area contributed by atoms with Gasteiger partial charge < -0.3 is 5.32 Å². The maximum absolute atomic E-state index is 11.4. The summed E-state index contributed by atoms with van der Waals surface area (Å²) in [5, 5.41) is 2.66. The van der Waals surface area contributed by atoms with Gasteiger partial charge in [0.2, 0.25) is 5.91 Å². The Bertz CT molecular complexity index is 221. The van der Waals surface area contributed by atoms with E-state index in [0.29, 0.717) is 12.2 Å². The minimum atomic E-state index is -0.451. The summed E-state index contributed by atoms with van der Waals surface area (Å²) in [4.78, 5) is 22.4. The highest BCUT2D eigenvalue weighted by molar-refractivity contribution is 7.80. The number of hydrogen-bond acceptors (Lipinski definition) is 3. The van der Waals surface area contributed by atoms with Crippen molar-refractivity contribution < 1.29 is 9.59 Å². The van der Waals surface area contributed by atoms with Gasteiger partial charge in [-0.2, -0.15) is 12.6 Å². The van der Waals surface area contributed by atoms with Crippen molar-refractivity contribution >= 4 is 24.3 Å². The number of carbonyl (C=O) groups excluding carboxylic acids is 2. The number of thiol groups is 1. The monoisotopic (exact) mass is 217 g/mol. The Kier molecular flexibility index (Phi) is 5.19. The van der Waals surface area contributed by atoms with E-state index in [2.05, 4.69) is 17.9 Å². The van der Waals surface area contributed by atoms with E-state index in [0.717, 1.165) is 0 Å². The van der Waals surface area contributed by atoms with Crippen molar-refractivity contribution in [1.82, 2.24) is 5.32 Å². The van der Waals surface area contributed by atoms with Crippen molar-refractivity contribution in [2.24, 2.45) is 5.41 Å². The number of nitrogens with one attached hydrogen (secondary N) is 1. The predicted molar refractivity (Wildman–Crippen MR) is 60.5 cm³/mol. The smallest absolute Gasteiger partial charge is 0.221 e. The number of amides is 1. The Morgan fingerprint density at radius 1 is 1.36 bits per heavy atom. The number of rotatable bonds is 4. The number of hydrogen-bond donors (Lipinski definition) is 2. The molecule has 0 unspecified atom stereocenters. The molecule has 1 amide bonds. The van der Waals surface area contributed by atoms with Gasteiger partial charge in [0.15, 0.2) is 5.78 Å². The summed E-state index contributed by atoms with van der Waals surface area (Å²) in [5.41, 5.74) is -0.0536. The minimum absolute atomic E-state index is 0.0535. The molecule has 4 heteroatoms. The van der Waals surface area contributed by atoms with Gasteiger partial charge in [0.25, 0.3) is 0 Å². The molecule has 0 aliphatic carbocycles. The molecule has 0 heterocycles. The summed E-state index contributed by atoms with van der Waals surface area (Å²) in [6.07, 6.45) is 0.421. The normalized spacial score (nSPS) is 13.5. The van der Waals surface area contributed by atoms with E-state index in [1.165, 1.54) is 6.92 Å². The average molecular weight is 217 g/mol. The number of Topliss-reactive ketones (excluding diaryl/α,β-unsaturated/α-hetero) is 1. The standard InChI is InChI=1S/C10H19NO2S/c1-7(12)8(6-14)11-9(13)5-10(2,3)4/h8,14H,5-6H2,1-4H3,(H,11,13)/t8-/m0/s1. The van der Waals surface area contributed by atoms with Crippen molar-refractivity contribution in [3.63, 3.8) is 0 Å². The molecule has 0 aromatic heterocycles. The van der Waals surface area contributed by atoms with Crippen LogP contribution in [0.1, 0.15) is 34.1 Å². The van der Waals surface area contributed by atoms with Crippen molar-refractivity contribution in [3.05, 3.63) is 0 Å². The molecule has 0 saturated carbocycles. The van der Waals surface area contributed by atoms with Crippen LogP contribution in [0.4, 0.5) is 0 Å². The predicted octanol–water partition coefficient (Wildman–Crippen LogP) is 1.43. The first kappa shape index (κ1) is 13.5.